The monoisotopic (exact) mass is 249 g/mol. The average molecular weight is 249 g/mol. The molecule has 5 heteroatoms. The zero-order chi connectivity index (χ0) is 12.4. The summed E-state index contributed by atoms with van der Waals surface area (Å²) in [7, 11) is -2.65. The van der Waals surface area contributed by atoms with Crippen LogP contribution in [0.15, 0.2) is 0 Å². The lowest BCUT2D eigenvalue weighted by Crippen LogP contribution is -2.62. The lowest BCUT2D eigenvalue weighted by atomic mass is 10.2. The standard InChI is InChI=1S/C11H27NO3Si/c1-6-11(7-2)12-16(13-8-3,14-9-4)15-10-5/h11-12H,6-10H2,1-5H3. The molecule has 16 heavy (non-hydrogen) atoms. The van der Waals surface area contributed by atoms with Crippen molar-refractivity contribution in [2.75, 3.05) is 19.8 Å². The number of hydrogen-bond acceptors (Lipinski definition) is 4. The van der Waals surface area contributed by atoms with Crippen molar-refractivity contribution >= 4 is 8.97 Å². The van der Waals surface area contributed by atoms with Gasteiger partial charge in [-0.3, -0.25) is 4.98 Å². The first-order chi connectivity index (χ1) is 7.67. The first-order valence-electron chi connectivity index (χ1n) is 6.37. The molecular formula is C11H27NO3Si. The summed E-state index contributed by atoms with van der Waals surface area (Å²) in [6.45, 7) is 12.0. The van der Waals surface area contributed by atoms with E-state index in [0.29, 0.717) is 25.9 Å². The van der Waals surface area contributed by atoms with Crippen molar-refractivity contribution < 1.29 is 13.3 Å². The minimum atomic E-state index is -2.65. The molecule has 0 fully saturated rings. The van der Waals surface area contributed by atoms with Crippen LogP contribution in [0.4, 0.5) is 0 Å². The van der Waals surface area contributed by atoms with Crippen LogP contribution in [0.1, 0.15) is 47.5 Å². The second-order valence-corrected chi connectivity index (χ2v) is 5.78. The predicted molar refractivity (Wildman–Crippen MR) is 68.1 cm³/mol. The Hall–Kier alpha value is 0.0569. The van der Waals surface area contributed by atoms with Crippen LogP contribution in [-0.4, -0.2) is 34.8 Å². The average Bonchev–Trinajstić information content (AvgIpc) is 2.27. The molecule has 0 spiro atoms. The van der Waals surface area contributed by atoms with Gasteiger partial charge in [0.25, 0.3) is 0 Å². The maximum atomic E-state index is 5.73. The molecule has 4 nitrogen and oxygen atoms in total. The molecule has 0 heterocycles. The van der Waals surface area contributed by atoms with Crippen molar-refractivity contribution in [2.24, 2.45) is 0 Å². The van der Waals surface area contributed by atoms with Crippen molar-refractivity contribution in [2.45, 2.75) is 53.5 Å². The van der Waals surface area contributed by atoms with Crippen LogP contribution >= 0.6 is 0 Å². The molecule has 98 valence electrons. The molecule has 0 amide bonds. The van der Waals surface area contributed by atoms with Gasteiger partial charge in [-0.25, -0.2) is 0 Å². The minimum absolute atomic E-state index is 0.399. The van der Waals surface area contributed by atoms with Gasteiger partial charge in [-0.2, -0.15) is 0 Å². The first-order valence-corrected chi connectivity index (χ1v) is 8.09. The van der Waals surface area contributed by atoms with E-state index in [1.54, 1.807) is 0 Å². The summed E-state index contributed by atoms with van der Waals surface area (Å²) in [4.78, 5) is 3.44. The Kier molecular flexibility index (Phi) is 9.16. The Balaban J connectivity index is 4.56. The Bertz CT molecular complexity index is 148. The molecule has 0 aromatic carbocycles. The van der Waals surface area contributed by atoms with E-state index in [1.165, 1.54) is 0 Å². The van der Waals surface area contributed by atoms with Crippen LogP contribution in [0.5, 0.6) is 0 Å². The Morgan fingerprint density at radius 2 is 1.19 bits per heavy atom. The van der Waals surface area contributed by atoms with E-state index in [0.717, 1.165) is 12.8 Å². The smallest absolute Gasteiger partial charge is 0.361 e. The molecule has 0 atom stereocenters. The SMILES string of the molecule is CCO[Si](NC(CC)CC)(OCC)OCC. The molecule has 0 saturated carbocycles. The zero-order valence-corrected chi connectivity index (χ0v) is 12.3. The maximum Gasteiger partial charge on any atom is 0.597 e. The molecule has 0 rings (SSSR count). The van der Waals surface area contributed by atoms with E-state index >= 15 is 0 Å². The topological polar surface area (TPSA) is 39.7 Å². The van der Waals surface area contributed by atoms with Crippen LogP contribution in [0.2, 0.25) is 0 Å². The highest BCUT2D eigenvalue weighted by Gasteiger charge is 2.42. The van der Waals surface area contributed by atoms with Crippen molar-refractivity contribution in [3.05, 3.63) is 0 Å². The largest absolute Gasteiger partial charge is 0.597 e. The number of rotatable bonds is 10. The molecule has 1 N–H and O–H groups in total. The molecule has 0 aliphatic rings. The van der Waals surface area contributed by atoms with Gasteiger partial charge >= 0.3 is 8.97 Å². The summed E-state index contributed by atoms with van der Waals surface area (Å²) >= 11 is 0. The first kappa shape index (κ1) is 16.1. The highest BCUT2D eigenvalue weighted by atomic mass is 28.4. The van der Waals surface area contributed by atoms with Gasteiger partial charge in [-0.1, -0.05) is 13.8 Å². The van der Waals surface area contributed by atoms with Gasteiger partial charge in [0.2, 0.25) is 0 Å². The second kappa shape index (κ2) is 9.12. The van der Waals surface area contributed by atoms with Gasteiger partial charge in [0.05, 0.1) is 0 Å². The fourth-order valence-corrected chi connectivity index (χ4v) is 4.11. The van der Waals surface area contributed by atoms with Gasteiger partial charge in [-0.05, 0) is 33.6 Å². The highest BCUT2D eigenvalue weighted by molar-refractivity contribution is 6.58. The van der Waals surface area contributed by atoms with E-state index in [2.05, 4.69) is 18.8 Å². The fraction of sp³-hybridized carbons (Fsp3) is 1.00. The fourth-order valence-electron chi connectivity index (χ4n) is 1.56. The third kappa shape index (κ3) is 5.40. The summed E-state index contributed by atoms with van der Waals surface area (Å²) in [5.74, 6) is 0. The van der Waals surface area contributed by atoms with Gasteiger partial charge < -0.3 is 13.3 Å². The van der Waals surface area contributed by atoms with Crippen molar-refractivity contribution in [3.63, 3.8) is 0 Å². The van der Waals surface area contributed by atoms with Crippen LogP contribution in [0.3, 0.4) is 0 Å². The summed E-state index contributed by atoms with van der Waals surface area (Å²) in [6.07, 6.45) is 2.11. The lowest BCUT2D eigenvalue weighted by molar-refractivity contribution is 0.0556. The Labute approximate surface area is 101 Å². The third-order valence-electron chi connectivity index (χ3n) is 2.37. The van der Waals surface area contributed by atoms with Crippen LogP contribution in [0, 0.1) is 0 Å². The molecule has 0 bridgehead atoms. The highest BCUT2D eigenvalue weighted by Crippen LogP contribution is 2.10. The Morgan fingerprint density at radius 1 is 0.812 bits per heavy atom. The second-order valence-electron chi connectivity index (χ2n) is 3.51. The Morgan fingerprint density at radius 3 is 1.44 bits per heavy atom. The zero-order valence-electron chi connectivity index (χ0n) is 11.3. The van der Waals surface area contributed by atoms with Crippen molar-refractivity contribution in [3.8, 4) is 0 Å². The number of hydrogen-bond donors (Lipinski definition) is 1. The summed E-state index contributed by atoms with van der Waals surface area (Å²) in [5.41, 5.74) is 0. The predicted octanol–water partition coefficient (Wildman–Crippen LogP) is 2.31. The van der Waals surface area contributed by atoms with Gasteiger partial charge in [0.1, 0.15) is 0 Å². The van der Waals surface area contributed by atoms with Crippen LogP contribution in [-0.2, 0) is 13.3 Å². The van der Waals surface area contributed by atoms with Gasteiger partial charge in [0.15, 0.2) is 0 Å². The van der Waals surface area contributed by atoms with E-state index in [-0.39, 0.29) is 0 Å². The molecule has 0 aromatic rings. The van der Waals surface area contributed by atoms with Gasteiger partial charge in [-0.15, -0.1) is 0 Å². The van der Waals surface area contributed by atoms with Crippen molar-refractivity contribution in [1.29, 1.82) is 0 Å². The van der Waals surface area contributed by atoms with E-state index in [1.807, 2.05) is 20.8 Å². The molecule has 0 radical (unpaired) electrons. The quantitative estimate of drug-likeness (QED) is 0.603. The third-order valence-corrected chi connectivity index (χ3v) is 5.14. The molecular weight excluding hydrogens is 222 g/mol. The normalized spacial score (nSPS) is 12.4. The van der Waals surface area contributed by atoms with Crippen molar-refractivity contribution in [1.82, 2.24) is 4.98 Å². The van der Waals surface area contributed by atoms with E-state index in [4.69, 9.17) is 13.3 Å². The number of nitrogens with one attached hydrogen (secondary N) is 1. The summed E-state index contributed by atoms with van der Waals surface area (Å²) in [6, 6.07) is 0.399. The molecule has 0 aliphatic carbocycles. The van der Waals surface area contributed by atoms with E-state index < -0.39 is 8.97 Å². The van der Waals surface area contributed by atoms with E-state index in [9.17, 15) is 0 Å². The van der Waals surface area contributed by atoms with Crippen LogP contribution in [0.25, 0.3) is 0 Å². The molecule has 0 aromatic heterocycles. The summed E-state index contributed by atoms with van der Waals surface area (Å²) < 4.78 is 17.2. The molecule has 0 aliphatic heterocycles. The maximum absolute atomic E-state index is 5.73. The lowest BCUT2D eigenvalue weighted by Gasteiger charge is -2.31. The summed E-state index contributed by atoms with van der Waals surface area (Å²) in [5, 5.41) is 0. The molecule has 0 saturated heterocycles. The van der Waals surface area contributed by atoms with Gasteiger partial charge in [0, 0.05) is 25.9 Å². The molecule has 0 unspecified atom stereocenters. The van der Waals surface area contributed by atoms with Crippen LogP contribution < -0.4 is 4.98 Å². The minimum Gasteiger partial charge on any atom is -0.361 e.